The summed E-state index contributed by atoms with van der Waals surface area (Å²) < 4.78 is 0. The third-order valence-corrected chi connectivity index (χ3v) is 5.12. The van der Waals surface area contributed by atoms with Gasteiger partial charge in [-0.05, 0) is 55.9 Å². The molecule has 2 rings (SSSR count). The van der Waals surface area contributed by atoms with E-state index in [-0.39, 0.29) is 0 Å². The highest BCUT2D eigenvalue weighted by atomic mass is 14.9. The van der Waals surface area contributed by atoms with Gasteiger partial charge in [0.15, 0.2) is 0 Å². The smallest absolute Gasteiger partial charge is 0.0152 e. The topological polar surface area (TPSA) is 12.0 Å². The summed E-state index contributed by atoms with van der Waals surface area (Å²) in [5, 5.41) is 3.87. The van der Waals surface area contributed by atoms with Crippen LogP contribution >= 0.6 is 0 Å². The van der Waals surface area contributed by atoms with Crippen LogP contribution in [0.2, 0.25) is 0 Å². The summed E-state index contributed by atoms with van der Waals surface area (Å²) in [4.78, 5) is 0. The number of rotatable bonds is 6. The predicted octanol–water partition coefficient (Wildman–Crippen LogP) is 4.37. The van der Waals surface area contributed by atoms with Crippen LogP contribution in [0.4, 0.5) is 0 Å². The van der Waals surface area contributed by atoms with E-state index in [1.165, 1.54) is 51.4 Å². The molecule has 2 aliphatic rings. The first-order valence-corrected chi connectivity index (χ1v) is 7.91. The van der Waals surface area contributed by atoms with Crippen molar-refractivity contribution < 1.29 is 0 Å². The Kier molecular flexibility index (Phi) is 4.52. The minimum atomic E-state index is 0.648. The van der Waals surface area contributed by atoms with E-state index in [4.69, 9.17) is 0 Å². The Morgan fingerprint density at radius 3 is 2.18 bits per heavy atom. The SMILES string of the molecule is CCNC(C1CCC1)C1(CC(C)C)CCCC1. The zero-order valence-electron chi connectivity index (χ0n) is 12.1. The lowest BCUT2D eigenvalue weighted by molar-refractivity contribution is 0.0744. The molecule has 0 amide bonds. The van der Waals surface area contributed by atoms with Crippen LogP contribution in [0.15, 0.2) is 0 Å². The zero-order chi connectivity index (χ0) is 12.3. The Balaban J connectivity index is 2.09. The summed E-state index contributed by atoms with van der Waals surface area (Å²) in [5.41, 5.74) is 0.648. The van der Waals surface area contributed by atoms with Crippen LogP contribution in [0.1, 0.15) is 72.1 Å². The van der Waals surface area contributed by atoms with Gasteiger partial charge in [0.1, 0.15) is 0 Å². The highest BCUT2D eigenvalue weighted by molar-refractivity contribution is 5.00. The molecule has 100 valence electrons. The van der Waals surface area contributed by atoms with Crippen LogP contribution in [0.3, 0.4) is 0 Å². The van der Waals surface area contributed by atoms with Gasteiger partial charge in [-0.2, -0.15) is 0 Å². The lowest BCUT2D eigenvalue weighted by Gasteiger charge is -2.47. The Hall–Kier alpha value is -0.0400. The molecule has 0 radical (unpaired) electrons. The van der Waals surface area contributed by atoms with Crippen molar-refractivity contribution in [1.29, 1.82) is 0 Å². The summed E-state index contributed by atoms with van der Waals surface area (Å²) in [6, 6.07) is 0.825. The van der Waals surface area contributed by atoms with Gasteiger partial charge < -0.3 is 5.32 Å². The van der Waals surface area contributed by atoms with E-state index in [0.717, 1.165) is 24.4 Å². The third kappa shape index (κ3) is 2.86. The second-order valence-corrected chi connectivity index (χ2v) is 6.89. The van der Waals surface area contributed by atoms with Gasteiger partial charge in [0.05, 0.1) is 0 Å². The van der Waals surface area contributed by atoms with E-state index in [1.54, 1.807) is 0 Å². The molecule has 1 N–H and O–H groups in total. The van der Waals surface area contributed by atoms with Crippen molar-refractivity contribution in [2.75, 3.05) is 6.54 Å². The zero-order valence-corrected chi connectivity index (χ0v) is 12.1. The molecule has 0 aromatic carbocycles. The van der Waals surface area contributed by atoms with Crippen molar-refractivity contribution in [1.82, 2.24) is 5.32 Å². The standard InChI is InChI=1S/C16H31N/c1-4-17-15(14-8-7-9-14)16(12-13(2)3)10-5-6-11-16/h13-15,17H,4-12H2,1-3H3. The van der Waals surface area contributed by atoms with Crippen LogP contribution in [0, 0.1) is 17.3 Å². The highest BCUT2D eigenvalue weighted by Gasteiger charge is 2.45. The molecule has 1 heteroatoms. The number of nitrogens with one attached hydrogen (secondary N) is 1. The first-order chi connectivity index (χ1) is 8.18. The molecule has 2 aliphatic carbocycles. The van der Waals surface area contributed by atoms with Gasteiger partial charge >= 0.3 is 0 Å². The second kappa shape index (κ2) is 5.73. The van der Waals surface area contributed by atoms with E-state index in [9.17, 15) is 0 Å². The molecule has 17 heavy (non-hydrogen) atoms. The minimum absolute atomic E-state index is 0.648. The van der Waals surface area contributed by atoms with E-state index in [0.29, 0.717) is 5.41 Å². The van der Waals surface area contributed by atoms with Crippen LogP contribution in [0.5, 0.6) is 0 Å². The first-order valence-electron chi connectivity index (χ1n) is 7.91. The lowest BCUT2D eigenvalue weighted by atomic mass is 9.63. The average Bonchev–Trinajstić information content (AvgIpc) is 2.63. The second-order valence-electron chi connectivity index (χ2n) is 6.89. The fraction of sp³-hybridized carbons (Fsp3) is 1.00. The maximum absolute atomic E-state index is 3.87. The minimum Gasteiger partial charge on any atom is -0.313 e. The molecule has 0 spiro atoms. The largest absolute Gasteiger partial charge is 0.313 e. The van der Waals surface area contributed by atoms with Crippen LogP contribution in [-0.2, 0) is 0 Å². The van der Waals surface area contributed by atoms with E-state index >= 15 is 0 Å². The van der Waals surface area contributed by atoms with Gasteiger partial charge in [0.2, 0.25) is 0 Å². The Morgan fingerprint density at radius 1 is 1.12 bits per heavy atom. The normalized spacial score (nSPS) is 26.1. The maximum atomic E-state index is 3.87. The number of hydrogen-bond acceptors (Lipinski definition) is 1. The van der Waals surface area contributed by atoms with Crippen molar-refractivity contribution >= 4 is 0 Å². The lowest BCUT2D eigenvalue weighted by Crippen LogP contribution is -2.51. The van der Waals surface area contributed by atoms with Crippen molar-refractivity contribution in [3.8, 4) is 0 Å². The quantitative estimate of drug-likeness (QED) is 0.723. The number of hydrogen-bond donors (Lipinski definition) is 1. The van der Waals surface area contributed by atoms with Gasteiger partial charge in [-0.1, -0.05) is 40.0 Å². The van der Waals surface area contributed by atoms with Crippen molar-refractivity contribution in [3.63, 3.8) is 0 Å². The van der Waals surface area contributed by atoms with Gasteiger partial charge in [0.25, 0.3) is 0 Å². The average molecular weight is 237 g/mol. The van der Waals surface area contributed by atoms with Crippen LogP contribution < -0.4 is 5.32 Å². The van der Waals surface area contributed by atoms with Crippen LogP contribution in [0.25, 0.3) is 0 Å². The maximum Gasteiger partial charge on any atom is 0.0152 e. The van der Waals surface area contributed by atoms with Crippen molar-refractivity contribution in [2.45, 2.75) is 78.2 Å². The molecule has 0 aliphatic heterocycles. The van der Waals surface area contributed by atoms with Gasteiger partial charge in [-0.25, -0.2) is 0 Å². The third-order valence-electron chi connectivity index (χ3n) is 5.12. The molecule has 1 nitrogen and oxygen atoms in total. The van der Waals surface area contributed by atoms with Gasteiger partial charge in [-0.3, -0.25) is 0 Å². The molecule has 0 aromatic heterocycles. The first kappa shape index (κ1) is 13.4. The summed E-state index contributed by atoms with van der Waals surface area (Å²) in [6.07, 6.45) is 11.8. The fourth-order valence-corrected chi connectivity index (χ4v) is 4.41. The molecule has 2 saturated carbocycles. The predicted molar refractivity (Wildman–Crippen MR) is 75.2 cm³/mol. The van der Waals surface area contributed by atoms with Gasteiger partial charge in [0, 0.05) is 6.04 Å². The van der Waals surface area contributed by atoms with Gasteiger partial charge in [-0.15, -0.1) is 0 Å². The molecular formula is C16H31N. The molecule has 0 bridgehead atoms. The van der Waals surface area contributed by atoms with E-state index in [2.05, 4.69) is 26.1 Å². The molecule has 1 unspecified atom stereocenters. The summed E-state index contributed by atoms with van der Waals surface area (Å²) in [5.74, 6) is 1.85. The monoisotopic (exact) mass is 237 g/mol. The summed E-state index contributed by atoms with van der Waals surface area (Å²) in [6.45, 7) is 8.25. The Bertz CT molecular complexity index is 224. The summed E-state index contributed by atoms with van der Waals surface area (Å²) in [7, 11) is 0. The fourth-order valence-electron chi connectivity index (χ4n) is 4.41. The molecule has 1 atom stereocenters. The van der Waals surface area contributed by atoms with Crippen molar-refractivity contribution in [2.24, 2.45) is 17.3 Å². The highest BCUT2D eigenvalue weighted by Crippen LogP contribution is 2.50. The Morgan fingerprint density at radius 2 is 1.76 bits per heavy atom. The van der Waals surface area contributed by atoms with E-state index < -0.39 is 0 Å². The molecule has 0 saturated heterocycles. The van der Waals surface area contributed by atoms with E-state index in [1.807, 2.05) is 0 Å². The van der Waals surface area contributed by atoms with Crippen LogP contribution in [-0.4, -0.2) is 12.6 Å². The molecule has 2 fully saturated rings. The summed E-state index contributed by atoms with van der Waals surface area (Å²) >= 11 is 0. The Labute approximate surface area is 108 Å². The molecular weight excluding hydrogens is 206 g/mol. The van der Waals surface area contributed by atoms with Crippen molar-refractivity contribution in [3.05, 3.63) is 0 Å². The molecule has 0 heterocycles. The molecule has 0 aromatic rings.